The number of likely N-dealkylation sites (N-methyl/N-ethyl adjacent to an activating group) is 1. The molecule has 6 nitrogen and oxygen atoms in total. The van der Waals surface area contributed by atoms with Crippen LogP contribution in [0.1, 0.15) is 17.3 Å². The van der Waals surface area contributed by atoms with Crippen molar-refractivity contribution < 1.29 is 19.1 Å². The topological polar surface area (TPSA) is 67.9 Å². The molecule has 24 heavy (non-hydrogen) atoms. The molecular weight excluding hydrogens is 308 g/mol. The molecule has 2 amide bonds. The van der Waals surface area contributed by atoms with E-state index >= 15 is 0 Å². The highest BCUT2D eigenvalue weighted by atomic mass is 16.5. The number of nitrogens with one attached hydrogen (secondary N) is 1. The minimum absolute atomic E-state index is 0.143. The molecule has 6 heteroatoms. The Morgan fingerprint density at radius 1 is 1.21 bits per heavy atom. The first kappa shape index (κ1) is 15.9. The van der Waals surface area contributed by atoms with Crippen LogP contribution in [0.4, 0.5) is 11.4 Å². The van der Waals surface area contributed by atoms with E-state index in [1.54, 1.807) is 63.5 Å². The molecule has 0 aromatic heterocycles. The lowest BCUT2D eigenvalue weighted by atomic mass is 10.1. The third-order valence-corrected chi connectivity index (χ3v) is 3.91. The summed E-state index contributed by atoms with van der Waals surface area (Å²) in [6.45, 7) is 1.70. The average molecular weight is 326 g/mol. The van der Waals surface area contributed by atoms with E-state index in [1.807, 2.05) is 0 Å². The Kier molecular flexibility index (Phi) is 4.12. The Morgan fingerprint density at radius 2 is 1.92 bits per heavy atom. The van der Waals surface area contributed by atoms with E-state index in [2.05, 4.69) is 5.32 Å². The van der Waals surface area contributed by atoms with Crippen LogP contribution in [0, 0.1) is 0 Å². The standard InChI is InChI=1S/C18H18N2O4/c1-11-18(22)20(2)15-10-12(4-9-16(15)24-11)17(21)19-13-5-7-14(23-3)8-6-13/h4-11H,1-3H3,(H,19,21). The van der Waals surface area contributed by atoms with Gasteiger partial charge in [-0.3, -0.25) is 9.59 Å². The van der Waals surface area contributed by atoms with Gasteiger partial charge in [0.2, 0.25) is 0 Å². The van der Waals surface area contributed by atoms with Gasteiger partial charge in [0.25, 0.3) is 11.8 Å². The van der Waals surface area contributed by atoms with Gasteiger partial charge in [-0.15, -0.1) is 0 Å². The fourth-order valence-electron chi connectivity index (χ4n) is 2.53. The molecule has 0 radical (unpaired) electrons. The highest BCUT2D eigenvalue weighted by Crippen LogP contribution is 2.34. The molecule has 1 atom stereocenters. The number of hydrogen-bond acceptors (Lipinski definition) is 4. The first-order chi connectivity index (χ1) is 11.5. The molecule has 124 valence electrons. The van der Waals surface area contributed by atoms with Gasteiger partial charge >= 0.3 is 0 Å². The van der Waals surface area contributed by atoms with Gasteiger partial charge in [-0.05, 0) is 49.4 Å². The van der Waals surface area contributed by atoms with Gasteiger partial charge in [0.1, 0.15) is 11.5 Å². The van der Waals surface area contributed by atoms with Gasteiger partial charge in [-0.25, -0.2) is 0 Å². The quantitative estimate of drug-likeness (QED) is 0.941. The van der Waals surface area contributed by atoms with Gasteiger partial charge < -0.3 is 19.7 Å². The van der Waals surface area contributed by atoms with Crippen LogP contribution in [0.3, 0.4) is 0 Å². The second kappa shape index (κ2) is 6.23. The summed E-state index contributed by atoms with van der Waals surface area (Å²) in [6, 6.07) is 12.1. The van der Waals surface area contributed by atoms with Crippen molar-refractivity contribution in [1.82, 2.24) is 0 Å². The minimum atomic E-state index is -0.526. The molecule has 0 saturated heterocycles. The highest BCUT2D eigenvalue weighted by molar-refractivity contribution is 6.06. The highest BCUT2D eigenvalue weighted by Gasteiger charge is 2.29. The van der Waals surface area contributed by atoms with Gasteiger partial charge in [0.15, 0.2) is 6.10 Å². The van der Waals surface area contributed by atoms with Crippen molar-refractivity contribution in [2.24, 2.45) is 0 Å². The zero-order chi connectivity index (χ0) is 17.3. The normalized spacial score (nSPS) is 16.2. The molecular formula is C18H18N2O4. The summed E-state index contributed by atoms with van der Waals surface area (Å²) >= 11 is 0. The summed E-state index contributed by atoms with van der Waals surface area (Å²) in [6.07, 6.45) is -0.526. The molecule has 1 aliphatic rings. The predicted octanol–water partition coefficient (Wildman–Crippen LogP) is 2.69. The fraction of sp³-hybridized carbons (Fsp3) is 0.222. The Morgan fingerprint density at radius 3 is 2.58 bits per heavy atom. The number of amides is 2. The van der Waals surface area contributed by atoms with Crippen molar-refractivity contribution in [2.75, 3.05) is 24.4 Å². The second-order valence-corrected chi connectivity index (χ2v) is 5.52. The summed E-state index contributed by atoms with van der Waals surface area (Å²) < 4.78 is 10.6. The number of anilines is 2. The van der Waals surface area contributed by atoms with Gasteiger partial charge in [-0.2, -0.15) is 0 Å². The zero-order valence-corrected chi connectivity index (χ0v) is 13.7. The maximum atomic E-state index is 12.4. The number of carbonyl (C=O) groups excluding carboxylic acids is 2. The van der Waals surface area contributed by atoms with Gasteiger partial charge in [0.05, 0.1) is 12.8 Å². The van der Waals surface area contributed by atoms with Gasteiger partial charge in [0, 0.05) is 18.3 Å². The van der Waals surface area contributed by atoms with Crippen molar-refractivity contribution in [3.63, 3.8) is 0 Å². The molecule has 2 aromatic rings. The maximum absolute atomic E-state index is 12.4. The number of rotatable bonds is 3. The first-order valence-electron chi connectivity index (χ1n) is 7.53. The molecule has 1 heterocycles. The summed E-state index contributed by atoms with van der Waals surface area (Å²) in [5, 5.41) is 2.81. The Bertz CT molecular complexity index is 786. The molecule has 0 spiro atoms. The number of fused-ring (bicyclic) bond motifs is 1. The van der Waals surface area contributed by atoms with Crippen LogP contribution < -0.4 is 19.7 Å². The SMILES string of the molecule is COc1ccc(NC(=O)c2ccc3c(c2)N(C)C(=O)C(C)O3)cc1. The van der Waals surface area contributed by atoms with Crippen LogP contribution in [0.25, 0.3) is 0 Å². The van der Waals surface area contributed by atoms with Crippen molar-refractivity contribution in [3.05, 3.63) is 48.0 Å². The lowest BCUT2D eigenvalue weighted by molar-refractivity contribution is -0.125. The molecule has 3 rings (SSSR count). The van der Waals surface area contributed by atoms with Gasteiger partial charge in [-0.1, -0.05) is 0 Å². The Labute approximate surface area is 140 Å². The van der Waals surface area contributed by atoms with Crippen LogP contribution in [0.2, 0.25) is 0 Å². The summed E-state index contributed by atoms with van der Waals surface area (Å²) in [4.78, 5) is 25.9. The smallest absolute Gasteiger partial charge is 0.267 e. The maximum Gasteiger partial charge on any atom is 0.267 e. The van der Waals surface area contributed by atoms with Crippen molar-refractivity contribution in [2.45, 2.75) is 13.0 Å². The third kappa shape index (κ3) is 2.90. The monoisotopic (exact) mass is 326 g/mol. The number of methoxy groups -OCH3 is 1. The molecule has 0 fully saturated rings. The van der Waals surface area contributed by atoms with E-state index in [0.717, 1.165) is 0 Å². The molecule has 2 aromatic carbocycles. The van der Waals surface area contributed by atoms with Crippen LogP contribution >= 0.6 is 0 Å². The third-order valence-electron chi connectivity index (χ3n) is 3.91. The van der Waals surface area contributed by atoms with Crippen LogP contribution in [-0.2, 0) is 4.79 Å². The van der Waals surface area contributed by atoms with Crippen LogP contribution in [0.5, 0.6) is 11.5 Å². The van der Waals surface area contributed by atoms with E-state index in [0.29, 0.717) is 28.4 Å². The molecule has 1 unspecified atom stereocenters. The summed E-state index contributed by atoms with van der Waals surface area (Å²) in [7, 11) is 3.26. The number of benzene rings is 2. The Balaban J connectivity index is 1.82. The van der Waals surface area contributed by atoms with Crippen LogP contribution in [-0.4, -0.2) is 32.1 Å². The minimum Gasteiger partial charge on any atom is -0.497 e. The first-order valence-corrected chi connectivity index (χ1v) is 7.53. The van der Waals surface area contributed by atoms with Crippen molar-refractivity contribution in [3.8, 4) is 11.5 Å². The zero-order valence-electron chi connectivity index (χ0n) is 13.7. The summed E-state index contributed by atoms with van der Waals surface area (Å²) in [5.41, 5.74) is 1.69. The number of carbonyl (C=O) groups is 2. The van der Waals surface area contributed by atoms with Crippen molar-refractivity contribution in [1.29, 1.82) is 0 Å². The molecule has 1 aliphatic heterocycles. The fourth-order valence-corrected chi connectivity index (χ4v) is 2.53. The van der Waals surface area contributed by atoms with E-state index in [1.165, 1.54) is 4.90 Å². The van der Waals surface area contributed by atoms with E-state index < -0.39 is 6.10 Å². The van der Waals surface area contributed by atoms with E-state index in [-0.39, 0.29) is 11.8 Å². The van der Waals surface area contributed by atoms with E-state index in [4.69, 9.17) is 9.47 Å². The molecule has 1 N–H and O–H groups in total. The predicted molar refractivity (Wildman–Crippen MR) is 90.9 cm³/mol. The van der Waals surface area contributed by atoms with Crippen LogP contribution in [0.15, 0.2) is 42.5 Å². The second-order valence-electron chi connectivity index (χ2n) is 5.52. The average Bonchev–Trinajstić information content (AvgIpc) is 2.60. The number of ether oxygens (including phenoxy) is 2. The lowest BCUT2D eigenvalue weighted by Crippen LogP contribution is -2.42. The molecule has 0 aliphatic carbocycles. The number of nitrogens with zero attached hydrogens (tertiary/aromatic N) is 1. The Hall–Kier alpha value is -3.02. The largest absolute Gasteiger partial charge is 0.497 e. The lowest BCUT2D eigenvalue weighted by Gasteiger charge is -2.30. The summed E-state index contributed by atoms with van der Waals surface area (Å²) in [5.74, 6) is 0.899. The molecule has 0 saturated carbocycles. The van der Waals surface area contributed by atoms with E-state index in [9.17, 15) is 9.59 Å². The number of hydrogen-bond donors (Lipinski definition) is 1. The molecule has 0 bridgehead atoms. The van der Waals surface area contributed by atoms with Crippen molar-refractivity contribution >= 4 is 23.2 Å².